The molecule has 0 bridgehead atoms. The van der Waals surface area contributed by atoms with Crippen LogP contribution in [0.1, 0.15) is 37.4 Å². The van der Waals surface area contributed by atoms with Crippen LogP contribution in [-0.2, 0) is 9.53 Å². The van der Waals surface area contributed by atoms with Crippen molar-refractivity contribution in [3.8, 4) is 0 Å². The van der Waals surface area contributed by atoms with Crippen LogP contribution in [0.4, 0.5) is 4.39 Å². The Morgan fingerprint density at radius 1 is 1.21 bits per heavy atom. The van der Waals surface area contributed by atoms with Gasteiger partial charge < -0.3 is 15.1 Å². The van der Waals surface area contributed by atoms with Gasteiger partial charge in [-0.15, -0.1) is 0 Å². The lowest BCUT2D eigenvalue weighted by atomic mass is 10.2. The SMILES string of the molecule is CCOC(=O)c1cn(C(N2CCN(C(C)=O)CC2)[N+](C)(C)CC)c2ncc(F)cc2c1=O.[OH-]. The minimum atomic E-state index is -0.751. The summed E-state index contributed by atoms with van der Waals surface area (Å²) in [5, 5.41) is 0.0269. The zero-order chi connectivity index (χ0) is 23.6. The molecule has 182 valence electrons. The van der Waals surface area contributed by atoms with Gasteiger partial charge in [0.15, 0.2) is 0 Å². The summed E-state index contributed by atoms with van der Waals surface area (Å²) in [4.78, 5) is 45.6. The van der Waals surface area contributed by atoms with Crippen LogP contribution >= 0.6 is 0 Å². The molecule has 0 saturated carbocycles. The molecule has 1 N–H and O–H groups in total. The van der Waals surface area contributed by atoms with E-state index < -0.39 is 17.2 Å². The van der Waals surface area contributed by atoms with E-state index in [-0.39, 0.29) is 35.2 Å². The predicted molar refractivity (Wildman–Crippen MR) is 119 cm³/mol. The van der Waals surface area contributed by atoms with Gasteiger partial charge in [-0.05, 0) is 19.9 Å². The van der Waals surface area contributed by atoms with Crippen LogP contribution < -0.4 is 5.43 Å². The van der Waals surface area contributed by atoms with E-state index in [0.29, 0.717) is 36.3 Å². The van der Waals surface area contributed by atoms with Crippen LogP contribution in [-0.4, -0.2) is 94.6 Å². The number of rotatable bonds is 6. The summed E-state index contributed by atoms with van der Waals surface area (Å²) < 4.78 is 21.4. The Morgan fingerprint density at radius 3 is 2.39 bits per heavy atom. The third kappa shape index (κ3) is 5.21. The van der Waals surface area contributed by atoms with Crippen molar-refractivity contribution in [3.63, 3.8) is 0 Å². The maximum atomic E-state index is 14.0. The van der Waals surface area contributed by atoms with Crippen LogP contribution in [0.5, 0.6) is 0 Å². The minimum absolute atomic E-state index is 0. The van der Waals surface area contributed by atoms with Gasteiger partial charge >= 0.3 is 5.97 Å². The highest BCUT2D eigenvalue weighted by Crippen LogP contribution is 2.28. The first-order valence-corrected chi connectivity index (χ1v) is 10.8. The summed E-state index contributed by atoms with van der Waals surface area (Å²) >= 11 is 0. The van der Waals surface area contributed by atoms with Crippen molar-refractivity contribution in [1.82, 2.24) is 19.4 Å². The molecule has 2 aromatic heterocycles. The first-order valence-electron chi connectivity index (χ1n) is 10.8. The van der Waals surface area contributed by atoms with Gasteiger partial charge in [-0.1, -0.05) is 0 Å². The zero-order valence-corrected chi connectivity index (χ0v) is 19.7. The van der Waals surface area contributed by atoms with E-state index in [0.717, 1.165) is 18.8 Å². The Labute approximate surface area is 192 Å². The predicted octanol–water partition coefficient (Wildman–Crippen LogP) is 1.25. The fourth-order valence-corrected chi connectivity index (χ4v) is 4.12. The number of ether oxygens (including phenoxy) is 1. The van der Waals surface area contributed by atoms with Crippen LogP contribution in [0.2, 0.25) is 0 Å². The fourth-order valence-electron chi connectivity index (χ4n) is 4.12. The number of hydrogen-bond donors (Lipinski definition) is 0. The minimum Gasteiger partial charge on any atom is -0.870 e. The third-order valence-corrected chi connectivity index (χ3v) is 6.11. The molecule has 1 atom stereocenters. The molecule has 11 heteroatoms. The molecule has 1 fully saturated rings. The second kappa shape index (κ2) is 10.4. The van der Waals surface area contributed by atoms with Gasteiger partial charge in [-0.2, -0.15) is 0 Å². The van der Waals surface area contributed by atoms with Crippen LogP contribution in [0.3, 0.4) is 0 Å². The molecular weight excluding hydrogens is 433 g/mol. The van der Waals surface area contributed by atoms with Crippen LogP contribution in [0.15, 0.2) is 23.3 Å². The summed E-state index contributed by atoms with van der Waals surface area (Å²) in [6.45, 7) is 8.46. The number of fused-ring (bicyclic) bond motifs is 1. The van der Waals surface area contributed by atoms with Gasteiger partial charge in [-0.3, -0.25) is 18.6 Å². The van der Waals surface area contributed by atoms with Gasteiger partial charge in [0.25, 0.3) is 0 Å². The van der Waals surface area contributed by atoms with Crippen LogP contribution in [0, 0.1) is 5.82 Å². The highest BCUT2D eigenvalue weighted by Gasteiger charge is 2.38. The van der Waals surface area contributed by atoms with E-state index in [4.69, 9.17) is 4.74 Å². The number of halogens is 1. The maximum Gasteiger partial charge on any atom is 0.343 e. The maximum absolute atomic E-state index is 14.0. The molecule has 0 aliphatic carbocycles. The zero-order valence-electron chi connectivity index (χ0n) is 19.7. The standard InChI is InChI=1S/C22H31FN5O4.H2O/c1-6-28(4,5)22(26-10-8-25(9-11-26)15(3)29)27-14-18(21(31)32-7-2)19(30)17-12-16(23)13-24-20(17)27;/h12-14,22H,6-11H2,1-5H3;1H2/q+1;/p-1. The molecule has 1 amide bonds. The summed E-state index contributed by atoms with van der Waals surface area (Å²) in [5.41, 5.74) is -0.470. The molecule has 0 spiro atoms. The number of carbonyl (C=O) groups is 2. The molecule has 1 saturated heterocycles. The Morgan fingerprint density at radius 2 is 1.85 bits per heavy atom. The van der Waals surface area contributed by atoms with Gasteiger partial charge in [-0.25, -0.2) is 19.1 Å². The number of amides is 1. The number of esters is 1. The summed E-state index contributed by atoms with van der Waals surface area (Å²) in [6.07, 6.45) is 2.20. The van der Waals surface area contributed by atoms with E-state index in [9.17, 15) is 18.8 Å². The Balaban J connectivity index is 0.00000385. The average molecular weight is 466 g/mol. The van der Waals surface area contributed by atoms with Crippen molar-refractivity contribution in [1.29, 1.82) is 0 Å². The number of hydrogen-bond acceptors (Lipinski definition) is 7. The number of nitrogens with zero attached hydrogens (tertiary/aromatic N) is 5. The summed E-state index contributed by atoms with van der Waals surface area (Å²) in [5.74, 6) is -1.38. The number of aromatic nitrogens is 2. The lowest BCUT2D eigenvalue weighted by Crippen LogP contribution is -2.59. The monoisotopic (exact) mass is 465 g/mol. The molecular formula is C22H32FN5O5. The second-order valence-electron chi connectivity index (χ2n) is 8.51. The highest BCUT2D eigenvalue weighted by atomic mass is 19.1. The number of carbonyl (C=O) groups excluding carboxylic acids is 2. The molecule has 0 radical (unpaired) electrons. The Bertz CT molecular complexity index is 1080. The number of quaternary nitrogens is 1. The first-order chi connectivity index (χ1) is 15.1. The van der Waals surface area contributed by atoms with Crippen molar-refractivity contribution in [2.75, 3.05) is 53.4 Å². The van der Waals surface area contributed by atoms with E-state index in [2.05, 4.69) is 9.88 Å². The van der Waals surface area contributed by atoms with E-state index in [1.165, 1.54) is 6.20 Å². The van der Waals surface area contributed by atoms with Crippen molar-refractivity contribution in [3.05, 3.63) is 40.1 Å². The van der Waals surface area contributed by atoms with E-state index in [1.54, 1.807) is 23.3 Å². The van der Waals surface area contributed by atoms with Gasteiger partial charge in [0, 0.05) is 39.3 Å². The summed E-state index contributed by atoms with van der Waals surface area (Å²) in [6, 6.07) is 1.11. The Kier molecular flexibility index (Phi) is 8.28. The fraction of sp³-hybridized carbons (Fsp3) is 0.545. The smallest absolute Gasteiger partial charge is 0.343 e. The van der Waals surface area contributed by atoms with E-state index >= 15 is 0 Å². The lowest BCUT2D eigenvalue weighted by molar-refractivity contribution is -0.942. The quantitative estimate of drug-likeness (QED) is 0.466. The number of pyridine rings is 2. The molecule has 0 aromatic carbocycles. The molecule has 3 rings (SSSR count). The van der Waals surface area contributed by atoms with Gasteiger partial charge in [0.1, 0.15) is 17.0 Å². The molecule has 33 heavy (non-hydrogen) atoms. The molecule has 2 aromatic rings. The van der Waals surface area contributed by atoms with E-state index in [1.807, 2.05) is 21.0 Å². The normalized spacial score (nSPS) is 15.8. The highest BCUT2D eigenvalue weighted by molar-refractivity contribution is 5.93. The van der Waals surface area contributed by atoms with Gasteiger partial charge in [0.2, 0.25) is 17.6 Å². The topological polar surface area (TPSA) is 115 Å². The third-order valence-electron chi connectivity index (χ3n) is 6.11. The first kappa shape index (κ1) is 26.4. The van der Waals surface area contributed by atoms with Crippen LogP contribution in [0.25, 0.3) is 11.0 Å². The van der Waals surface area contributed by atoms with Crippen molar-refractivity contribution >= 4 is 22.9 Å². The molecule has 1 aliphatic heterocycles. The summed E-state index contributed by atoms with van der Waals surface area (Å²) in [7, 11) is 4.08. The molecule has 1 aliphatic rings. The van der Waals surface area contributed by atoms with Crippen molar-refractivity contribution in [2.45, 2.75) is 27.1 Å². The molecule has 3 heterocycles. The molecule has 1 unspecified atom stereocenters. The van der Waals surface area contributed by atoms with Gasteiger partial charge in [0.05, 0.1) is 38.8 Å². The average Bonchev–Trinajstić information content (AvgIpc) is 2.76. The van der Waals surface area contributed by atoms with Crippen molar-refractivity contribution < 1.29 is 28.7 Å². The second-order valence-corrected chi connectivity index (χ2v) is 8.51. The van der Waals surface area contributed by atoms with Crippen molar-refractivity contribution in [2.24, 2.45) is 0 Å². The lowest BCUT2D eigenvalue weighted by Gasteiger charge is -2.46. The number of piperazine rings is 1. The molecule has 10 nitrogen and oxygen atoms in total. The Hall–Kier alpha value is -2.89. The largest absolute Gasteiger partial charge is 0.870 e.